The van der Waals surface area contributed by atoms with Crippen molar-refractivity contribution in [2.24, 2.45) is 4.99 Å². The van der Waals surface area contributed by atoms with Crippen LogP contribution in [0.1, 0.15) is 19.8 Å². The molecule has 16 heavy (non-hydrogen) atoms. The second-order valence-electron chi connectivity index (χ2n) is 3.52. The molecular formula is C11H22IN3S. The van der Waals surface area contributed by atoms with Crippen LogP contribution in [0, 0.1) is 0 Å². The lowest BCUT2D eigenvalue weighted by Gasteiger charge is -2.11. The van der Waals surface area contributed by atoms with E-state index in [0.29, 0.717) is 0 Å². The molecule has 1 aliphatic heterocycles. The van der Waals surface area contributed by atoms with Gasteiger partial charge in [-0.3, -0.25) is 4.99 Å². The zero-order valence-corrected chi connectivity index (χ0v) is 13.0. The number of nitrogens with zero attached hydrogens (tertiary/aromatic N) is 1. The van der Waals surface area contributed by atoms with E-state index < -0.39 is 0 Å². The van der Waals surface area contributed by atoms with Crippen molar-refractivity contribution in [3.05, 3.63) is 12.7 Å². The molecule has 0 amide bonds. The van der Waals surface area contributed by atoms with Gasteiger partial charge >= 0.3 is 0 Å². The lowest BCUT2D eigenvalue weighted by atomic mass is 10.2. The first-order chi connectivity index (χ1) is 7.36. The van der Waals surface area contributed by atoms with Gasteiger partial charge in [-0.05, 0) is 25.5 Å². The maximum absolute atomic E-state index is 4.56. The molecule has 0 spiro atoms. The zero-order valence-electron chi connectivity index (χ0n) is 9.87. The van der Waals surface area contributed by atoms with Crippen molar-refractivity contribution < 1.29 is 0 Å². The van der Waals surface area contributed by atoms with Gasteiger partial charge in [0.05, 0.1) is 6.54 Å². The fraction of sp³-hybridized carbons (Fsp3) is 0.727. The summed E-state index contributed by atoms with van der Waals surface area (Å²) in [5, 5.41) is 7.16. The molecule has 1 rings (SSSR count). The van der Waals surface area contributed by atoms with Gasteiger partial charge in [0.15, 0.2) is 5.96 Å². The van der Waals surface area contributed by atoms with E-state index in [1.165, 1.54) is 18.6 Å². The minimum atomic E-state index is 0. The molecule has 0 aromatic rings. The quantitative estimate of drug-likeness (QED) is 0.344. The van der Waals surface area contributed by atoms with Gasteiger partial charge < -0.3 is 10.6 Å². The maximum atomic E-state index is 4.56. The summed E-state index contributed by atoms with van der Waals surface area (Å²) < 4.78 is 0. The summed E-state index contributed by atoms with van der Waals surface area (Å²) in [6, 6.07) is 0. The van der Waals surface area contributed by atoms with Crippen molar-refractivity contribution >= 4 is 41.7 Å². The average Bonchev–Trinajstić information content (AvgIpc) is 2.75. The Morgan fingerprint density at radius 1 is 1.56 bits per heavy atom. The molecule has 0 aromatic heterocycles. The summed E-state index contributed by atoms with van der Waals surface area (Å²) in [6.07, 6.45) is 4.51. The summed E-state index contributed by atoms with van der Waals surface area (Å²) in [6.45, 7) is 8.36. The number of thioether (sulfide) groups is 1. The Hall–Kier alpha value is 0.0900. The maximum Gasteiger partial charge on any atom is 0.191 e. The standard InChI is InChI=1S/C11H21N3S.HI/c1-3-7-13-11(12-4-2)14-9-10-6-5-8-15-10;/h3,10H,1,4-9H2,2H3,(H2,12,13,14);1H. The lowest BCUT2D eigenvalue weighted by Crippen LogP contribution is -2.37. The van der Waals surface area contributed by atoms with Crippen molar-refractivity contribution in [1.82, 2.24) is 10.6 Å². The molecule has 1 atom stereocenters. The Balaban J connectivity index is 0.00000225. The van der Waals surface area contributed by atoms with Gasteiger partial charge in [0.1, 0.15) is 0 Å². The van der Waals surface area contributed by atoms with Crippen molar-refractivity contribution in [2.45, 2.75) is 25.0 Å². The molecule has 0 aromatic carbocycles. The zero-order chi connectivity index (χ0) is 10.9. The highest BCUT2D eigenvalue weighted by Gasteiger charge is 2.14. The third-order valence-corrected chi connectivity index (χ3v) is 3.62. The van der Waals surface area contributed by atoms with Crippen molar-refractivity contribution in [2.75, 3.05) is 25.4 Å². The van der Waals surface area contributed by atoms with E-state index in [-0.39, 0.29) is 24.0 Å². The fourth-order valence-corrected chi connectivity index (χ4v) is 2.67. The van der Waals surface area contributed by atoms with E-state index >= 15 is 0 Å². The number of guanidine groups is 1. The predicted octanol–water partition coefficient (Wildman–Crippen LogP) is 2.24. The molecule has 0 aliphatic carbocycles. The molecule has 2 N–H and O–H groups in total. The van der Waals surface area contributed by atoms with Crippen LogP contribution in [0.25, 0.3) is 0 Å². The Morgan fingerprint density at radius 2 is 2.38 bits per heavy atom. The van der Waals surface area contributed by atoms with Crippen LogP contribution in [0.2, 0.25) is 0 Å². The molecule has 1 aliphatic rings. The molecule has 94 valence electrons. The number of hydrogen-bond donors (Lipinski definition) is 2. The minimum Gasteiger partial charge on any atom is -0.357 e. The normalized spacial score (nSPS) is 20.1. The molecule has 3 nitrogen and oxygen atoms in total. The highest BCUT2D eigenvalue weighted by molar-refractivity contribution is 14.0. The van der Waals surface area contributed by atoms with Gasteiger partial charge in [0.2, 0.25) is 0 Å². The molecule has 0 saturated carbocycles. The Morgan fingerprint density at radius 3 is 2.94 bits per heavy atom. The van der Waals surface area contributed by atoms with E-state index in [1.807, 2.05) is 17.8 Å². The van der Waals surface area contributed by atoms with Crippen molar-refractivity contribution in [1.29, 1.82) is 0 Å². The molecule has 0 bridgehead atoms. The summed E-state index contributed by atoms with van der Waals surface area (Å²) in [7, 11) is 0. The van der Waals surface area contributed by atoms with Crippen molar-refractivity contribution in [3.63, 3.8) is 0 Å². The highest BCUT2D eigenvalue weighted by atomic mass is 127. The Bertz CT molecular complexity index is 215. The van der Waals surface area contributed by atoms with Crippen molar-refractivity contribution in [3.8, 4) is 0 Å². The first kappa shape index (κ1) is 16.1. The van der Waals surface area contributed by atoms with E-state index in [9.17, 15) is 0 Å². The number of hydrogen-bond acceptors (Lipinski definition) is 2. The minimum absolute atomic E-state index is 0. The molecule has 1 heterocycles. The van der Waals surface area contributed by atoms with E-state index in [1.54, 1.807) is 0 Å². The molecule has 1 saturated heterocycles. The molecule has 1 fully saturated rings. The Labute approximate surface area is 120 Å². The van der Waals surface area contributed by atoms with Crippen LogP contribution in [-0.2, 0) is 0 Å². The Kier molecular flexibility index (Phi) is 10.3. The van der Waals surface area contributed by atoms with Crippen LogP contribution in [0.4, 0.5) is 0 Å². The SMILES string of the molecule is C=CCNC(=NCC1CCCS1)NCC.I. The highest BCUT2D eigenvalue weighted by Crippen LogP contribution is 2.25. The van der Waals surface area contributed by atoms with Gasteiger partial charge in [-0.2, -0.15) is 11.8 Å². The first-order valence-corrected chi connectivity index (χ1v) is 6.66. The third kappa shape index (κ3) is 6.62. The summed E-state index contributed by atoms with van der Waals surface area (Å²) >= 11 is 2.04. The van der Waals surface area contributed by atoms with Crippen LogP contribution >= 0.6 is 35.7 Å². The second kappa shape index (κ2) is 10.3. The van der Waals surface area contributed by atoms with Crippen LogP contribution < -0.4 is 10.6 Å². The molecule has 0 radical (unpaired) electrons. The summed E-state index contributed by atoms with van der Waals surface area (Å²) in [5.74, 6) is 2.21. The summed E-state index contributed by atoms with van der Waals surface area (Å²) in [4.78, 5) is 4.56. The van der Waals surface area contributed by atoms with Crippen LogP contribution in [0.5, 0.6) is 0 Å². The van der Waals surface area contributed by atoms with E-state index in [0.717, 1.165) is 30.8 Å². The molecule has 1 unspecified atom stereocenters. The van der Waals surface area contributed by atoms with Crippen LogP contribution in [-0.4, -0.2) is 36.6 Å². The largest absolute Gasteiger partial charge is 0.357 e. The van der Waals surface area contributed by atoms with E-state index in [4.69, 9.17) is 0 Å². The van der Waals surface area contributed by atoms with Gasteiger partial charge in [0.25, 0.3) is 0 Å². The van der Waals surface area contributed by atoms with Gasteiger partial charge in [-0.1, -0.05) is 6.08 Å². The smallest absolute Gasteiger partial charge is 0.191 e. The van der Waals surface area contributed by atoms with Gasteiger partial charge in [0, 0.05) is 18.3 Å². The number of halogens is 1. The second-order valence-corrected chi connectivity index (χ2v) is 4.93. The lowest BCUT2D eigenvalue weighted by molar-refractivity contribution is 0.772. The van der Waals surface area contributed by atoms with Gasteiger partial charge in [-0.25, -0.2) is 0 Å². The number of rotatable bonds is 5. The van der Waals surface area contributed by atoms with E-state index in [2.05, 4.69) is 29.1 Å². The number of nitrogens with one attached hydrogen (secondary N) is 2. The third-order valence-electron chi connectivity index (χ3n) is 2.24. The molecule has 5 heteroatoms. The summed E-state index contributed by atoms with van der Waals surface area (Å²) in [5.41, 5.74) is 0. The van der Waals surface area contributed by atoms with Crippen LogP contribution in [0.3, 0.4) is 0 Å². The topological polar surface area (TPSA) is 36.4 Å². The fourth-order valence-electron chi connectivity index (χ4n) is 1.49. The number of aliphatic imine (C=N–C) groups is 1. The van der Waals surface area contributed by atoms with Crippen LogP contribution in [0.15, 0.2) is 17.6 Å². The first-order valence-electron chi connectivity index (χ1n) is 5.61. The average molecular weight is 355 g/mol. The van der Waals surface area contributed by atoms with Gasteiger partial charge in [-0.15, -0.1) is 30.6 Å². The molecular weight excluding hydrogens is 333 g/mol. The predicted molar refractivity (Wildman–Crippen MR) is 85.1 cm³/mol. The monoisotopic (exact) mass is 355 g/mol.